The summed E-state index contributed by atoms with van der Waals surface area (Å²) in [7, 11) is -3.62. The molecule has 6 heteroatoms. The fourth-order valence-electron chi connectivity index (χ4n) is 2.52. The van der Waals surface area contributed by atoms with E-state index in [2.05, 4.69) is 23.7 Å². The number of benzene rings is 2. The summed E-state index contributed by atoms with van der Waals surface area (Å²) in [5.74, 6) is 0.362. The van der Waals surface area contributed by atoms with Crippen LogP contribution in [0, 0.1) is 0 Å². The summed E-state index contributed by atoms with van der Waals surface area (Å²) in [5.41, 5.74) is 2.66. The van der Waals surface area contributed by atoms with E-state index in [4.69, 9.17) is 0 Å². The standard InChI is InChI=1S/C19H21N3O2S/c1-15(2)17-8-10-19(11-9-17)25(23,24)21-18-12-20-22(14-18)13-16-6-4-3-5-7-16/h3-12,14-15,21H,13H2,1-2H3. The van der Waals surface area contributed by atoms with E-state index < -0.39 is 10.0 Å². The molecular formula is C19H21N3O2S. The van der Waals surface area contributed by atoms with E-state index in [1.165, 1.54) is 6.20 Å². The predicted molar refractivity (Wildman–Crippen MR) is 99.1 cm³/mol. The van der Waals surface area contributed by atoms with Crippen molar-refractivity contribution in [2.24, 2.45) is 0 Å². The maximum Gasteiger partial charge on any atom is 0.261 e. The third-order valence-corrected chi connectivity index (χ3v) is 5.33. The SMILES string of the molecule is CC(C)c1ccc(S(=O)(=O)Nc2cnn(Cc3ccccc3)c2)cc1. The molecular weight excluding hydrogens is 334 g/mol. The van der Waals surface area contributed by atoms with Crippen LogP contribution in [0.4, 0.5) is 5.69 Å². The Bertz CT molecular complexity index is 930. The van der Waals surface area contributed by atoms with E-state index in [9.17, 15) is 8.42 Å². The van der Waals surface area contributed by atoms with E-state index in [1.807, 2.05) is 42.5 Å². The normalized spacial score (nSPS) is 11.6. The van der Waals surface area contributed by atoms with Crippen LogP contribution in [-0.4, -0.2) is 18.2 Å². The topological polar surface area (TPSA) is 64.0 Å². The number of aromatic nitrogens is 2. The molecule has 0 amide bonds. The smallest absolute Gasteiger partial charge is 0.261 e. The molecule has 0 fully saturated rings. The minimum atomic E-state index is -3.62. The van der Waals surface area contributed by atoms with Gasteiger partial charge < -0.3 is 0 Å². The Hall–Kier alpha value is -2.60. The average molecular weight is 355 g/mol. The van der Waals surface area contributed by atoms with Gasteiger partial charge in [0.1, 0.15) is 0 Å². The first kappa shape index (κ1) is 17.2. The highest BCUT2D eigenvalue weighted by Gasteiger charge is 2.15. The molecule has 0 spiro atoms. The first-order valence-electron chi connectivity index (χ1n) is 8.13. The molecule has 0 aliphatic heterocycles. The van der Waals surface area contributed by atoms with Crippen LogP contribution in [0.15, 0.2) is 71.9 Å². The highest BCUT2D eigenvalue weighted by Crippen LogP contribution is 2.19. The van der Waals surface area contributed by atoms with Gasteiger partial charge in [-0.25, -0.2) is 8.42 Å². The first-order chi connectivity index (χ1) is 11.9. The summed E-state index contributed by atoms with van der Waals surface area (Å²) < 4.78 is 29.3. The quantitative estimate of drug-likeness (QED) is 0.730. The summed E-state index contributed by atoms with van der Waals surface area (Å²) in [5, 5.41) is 4.22. The van der Waals surface area contributed by atoms with Crippen LogP contribution in [0.2, 0.25) is 0 Å². The van der Waals surface area contributed by atoms with Crippen molar-refractivity contribution in [3.05, 3.63) is 78.1 Å². The summed E-state index contributed by atoms with van der Waals surface area (Å²) in [4.78, 5) is 0.243. The average Bonchev–Trinajstić information content (AvgIpc) is 3.02. The van der Waals surface area contributed by atoms with Gasteiger partial charge in [-0.15, -0.1) is 0 Å². The first-order valence-corrected chi connectivity index (χ1v) is 9.61. The van der Waals surface area contributed by atoms with E-state index in [0.717, 1.165) is 11.1 Å². The van der Waals surface area contributed by atoms with Crippen molar-refractivity contribution in [2.75, 3.05) is 4.72 Å². The van der Waals surface area contributed by atoms with E-state index >= 15 is 0 Å². The molecule has 0 unspecified atom stereocenters. The van der Waals surface area contributed by atoms with Gasteiger partial charge in [-0.05, 0) is 29.2 Å². The van der Waals surface area contributed by atoms with Gasteiger partial charge in [-0.3, -0.25) is 9.40 Å². The van der Waals surface area contributed by atoms with Gasteiger partial charge in [0.15, 0.2) is 0 Å². The van der Waals surface area contributed by atoms with E-state index in [1.54, 1.807) is 23.0 Å². The van der Waals surface area contributed by atoms with Crippen molar-refractivity contribution < 1.29 is 8.42 Å². The van der Waals surface area contributed by atoms with Crippen molar-refractivity contribution in [1.82, 2.24) is 9.78 Å². The number of hydrogen-bond donors (Lipinski definition) is 1. The zero-order valence-corrected chi connectivity index (χ0v) is 15.1. The lowest BCUT2D eigenvalue weighted by molar-refractivity contribution is 0.601. The van der Waals surface area contributed by atoms with Crippen molar-refractivity contribution in [1.29, 1.82) is 0 Å². The summed E-state index contributed by atoms with van der Waals surface area (Å²) in [6, 6.07) is 16.8. The monoisotopic (exact) mass is 355 g/mol. The molecule has 0 saturated heterocycles. The Morgan fingerprint density at radius 1 is 1.04 bits per heavy atom. The van der Waals surface area contributed by atoms with Crippen molar-refractivity contribution >= 4 is 15.7 Å². The van der Waals surface area contributed by atoms with Gasteiger partial charge in [0.2, 0.25) is 0 Å². The second-order valence-electron chi connectivity index (χ2n) is 6.24. The Balaban J connectivity index is 1.73. The van der Waals surface area contributed by atoms with E-state index in [0.29, 0.717) is 18.2 Å². The van der Waals surface area contributed by atoms with Crippen LogP contribution in [-0.2, 0) is 16.6 Å². The molecule has 0 bridgehead atoms. The molecule has 1 heterocycles. The lowest BCUT2D eigenvalue weighted by atomic mass is 10.0. The Morgan fingerprint density at radius 3 is 2.36 bits per heavy atom. The molecule has 25 heavy (non-hydrogen) atoms. The summed E-state index contributed by atoms with van der Waals surface area (Å²) in [6.07, 6.45) is 3.20. The predicted octanol–water partition coefficient (Wildman–Crippen LogP) is 3.86. The van der Waals surface area contributed by atoms with Gasteiger partial charge in [0.25, 0.3) is 10.0 Å². The molecule has 0 aliphatic carbocycles. The highest BCUT2D eigenvalue weighted by molar-refractivity contribution is 7.92. The largest absolute Gasteiger partial charge is 0.276 e. The molecule has 0 saturated carbocycles. The fraction of sp³-hybridized carbons (Fsp3) is 0.211. The number of hydrogen-bond acceptors (Lipinski definition) is 3. The molecule has 0 radical (unpaired) electrons. The lowest BCUT2D eigenvalue weighted by Crippen LogP contribution is -2.12. The molecule has 2 aromatic carbocycles. The molecule has 1 N–H and O–H groups in total. The summed E-state index contributed by atoms with van der Waals surface area (Å²) in [6.45, 7) is 4.73. The third kappa shape index (κ3) is 4.28. The lowest BCUT2D eigenvalue weighted by Gasteiger charge is -2.08. The van der Waals surface area contributed by atoms with Gasteiger partial charge in [-0.1, -0.05) is 56.3 Å². The van der Waals surface area contributed by atoms with Crippen LogP contribution in [0.5, 0.6) is 0 Å². The Labute approximate surface area is 148 Å². The zero-order valence-electron chi connectivity index (χ0n) is 14.3. The second-order valence-corrected chi connectivity index (χ2v) is 7.92. The number of anilines is 1. The molecule has 0 atom stereocenters. The van der Waals surface area contributed by atoms with Crippen LogP contribution in [0.3, 0.4) is 0 Å². The highest BCUT2D eigenvalue weighted by atomic mass is 32.2. The van der Waals surface area contributed by atoms with Crippen LogP contribution in [0.1, 0.15) is 30.9 Å². The van der Waals surface area contributed by atoms with Crippen molar-refractivity contribution in [3.8, 4) is 0 Å². The van der Waals surface area contributed by atoms with Crippen molar-refractivity contribution in [2.45, 2.75) is 31.2 Å². The van der Waals surface area contributed by atoms with Crippen LogP contribution >= 0.6 is 0 Å². The third-order valence-electron chi connectivity index (χ3n) is 3.93. The minimum Gasteiger partial charge on any atom is -0.276 e. The molecule has 5 nitrogen and oxygen atoms in total. The fourth-order valence-corrected chi connectivity index (χ4v) is 3.55. The van der Waals surface area contributed by atoms with Gasteiger partial charge in [0, 0.05) is 6.20 Å². The molecule has 3 rings (SSSR count). The maximum atomic E-state index is 12.5. The Kier molecular flexibility index (Phi) is 4.90. The zero-order chi connectivity index (χ0) is 17.9. The molecule has 0 aliphatic rings. The Morgan fingerprint density at radius 2 is 1.72 bits per heavy atom. The molecule has 1 aromatic heterocycles. The van der Waals surface area contributed by atoms with Crippen LogP contribution < -0.4 is 4.72 Å². The number of nitrogens with one attached hydrogen (secondary N) is 1. The number of nitrogens with zero attached hydrogens (tertiary/aromatic N) is 2. The summed E-state index contributed by atoms with van der Waals surface area (Å²) >= 11 is 0. The van der Waals surface area contributed by atoms with Gasteiger partial charge in [-0.2, -0.15) is 5.10 Å². The van der Waals surface area contributed by atoms with Crippen molar-refractivity contribution in [3.63, 3.8) is 0 Å². The maximum absolute atomic E-state index is 12.5. The van der Waals surface area contributed by atoms with E-state index in [-0.39, 0.29) is 4.90 Å². The molecule has 130 valence electrons. The van der Waals surface area contributed by atoms with Gasteiger partial charge in [0.05, 0.1) is 23.3 Å². The number of sulfonamides is 1. The van der Waals surface area contributed by atoms with Gasteiger partial charge >= 0.3 is 0 Å². The van der Waals surface area contributed by atoms with Crippen LogP contribution in [0.25, 0.3) is 0 Å². The second kappa shape index (κ2) is 7.11. The number of rotatable bonds is 6. The molecule has 3 aromatic rings. The minimum absolute atomic E-state index is 0.243.